The van der Waals surface area contributed by atoms with Crippen molar-refractivity contribution in [2.75, 3.05) is 11.1 Å². The van der Waals surface area contributed by atoms with Gasteiger partial charge in [0.25, 0.3) is 0 Å². The molecular weight excluding hydrogens is 506 g/mol. The van der Waals surface area contributed by atoms with E-state index < -0.39 is 0 Å². The van der Waals surface area contributed by atoms with Gasteiger partial charge in [0, 0.05) is 33.0 Å². The van der Waals surface area contributed by atoms with Gasteiger partial charge in [-0.1, -0.05) is 63.6 Å². The fraction of sp³-hybridized carbons (Fsp3) is 0.100. The molecule has 2 aromatic heterocycles. The van der Waals surface area contributed by atoms with Gasteiger partial charge in [0.05, 0.1) is 11.4 Å². The van der Waals surface area contributed by atoms with Gasteiger partial charge in [0.15, 0.2) is 16.1 Å². The molecule has 0 fully saturated rings. The second kappa shape index (κ2) is 9.30. The number of hydrogen-bond donors (Lipinski definition) is 1. The molecule has 4 aromatic rings. The van der Waals surface area contributed by atoms with E-state index in [1.807, 2.05) is 65.5 Å². The number of thiazole rings is 1. The highest BCUT2D eigenvalue weighted by molar-refractivity contribution is 9.10. The summed E-state index contributed by atoms with van der Waals surface area (Å²) in [6.45, 7) is 0. The molecule has 0 aliphatic heterocycles. The van der Waals surface area contributed by atoms with E-state index in [2.05, 4.69) is 36.4 Å². The molecule has 0 saturated heterocycles. The number of carbonyl (C=O) groups excluding carboxylic acids is 1. The van der Waals surface area contributed by atoms with Gasteiger partial charge in [-0.25, -0.2) is 4.98 Å². The third kappa shape index (κ3) is 4.92. The lowest BCUT2D eigenvalue weighted by molar-refractivity contribution is -0.113. The number of benzene rings is 2. The lowest BCUT2D eigenvalue weighted by Crippen LogP contribution is -2.14. The molecule has 2 heterocycles. The molecule has 0 unspecified atom stereocenters. The molecule has 0 radical (unpaired) electrons. The van der Waals surface area contributed by atoms with Crippen molar-refractivity contribution >= 4 is 61.7 Å². The number of carbonyl (C=O) groups is 1. The molecule has 2 aromatic carbocycles. The number of thioether (sulfide) groups is 1. The van der Waals surface area contributed by atoms with Crippen LogP contribution < -0.4 is 5.32 Å². The molecule has 152 valence electrons. The van der Waals surface area contributed by atoms with Crippen molar-refractivity contribution in [3.8, 4) is 22.6 Å². The molecule has 6 nitrogen and oxygen atoms in total. The van der Waals surface area contributed by atoms with E-state index in [9.17, 15) is 4.79 Å². The van der Waals surface area contributed by atoms with Crippen LogP contribution in [0.25, 0.3) is 22.6 Å². The van der Waals surface area contributed by atoms with Crippen LogP contribution in [0.4, 0.5) is 5.13 Å². The molecule has 10 heteroatoms. The number of nitrogens with zero attached hydrogens (tertiary/aromatic N) is 4. The number of hydrogen-bond acceptors (Lipinski definition) is 6. The van der Waals surface area contributed by atoms with Gasteiger partial charge >= 0.3 is 0 Å². The lowest BCUT2D eigenvalue weighted by Gasteiger charge is -2.04. The molecule has 1 amide bonds. The molecule has 0 bridgehead atoms. The van der Waals surface area contributed by atoms with Gasteiger partial charge in [0.2, 0.25) is 5.91 Å². The van der Waals surface area contributed by atoms with Crippen LogP contribution in [0, 0.1) is 0 Å². The molecule has 0 spiro atoms. The monoisotopic (exact) mass is 519 g/mol. The second-order valence-corrected chi connectivity index (χ2v) is 9.41. The standard InChI is InChI=1S/C20H15BrClN5OS2/c1-27-18(13-3-2-4-15(22)9-13)25-26-20(27)30-11-17(28)24-19-23-16(10-29-19)12-5-7-14(21)8-6-12/h2-10H,11H2,1H3,(H,23,24,28). The molecule has 4 rings (SSSR count). The van der Waals surface area contributed by atoms with Crippen molar-refractivity contribution in [1.29, 1.82) is 0 Å². The molecule has 0 aliphatic carbocycles. The summed E-state index contributed by atoms with van der Waals surface area (Å²) < 4.78 is 2.85. The number of nitrogens with one attached hydrogen (secondary N) is 1. The van der Waals surface area contributed by atoms with E-state index in [0.29, 0.717) is 21.1 Å². The predicted octanol–water partition coefficient (Wildman–Crippen LogP) is 5.75. The van der Waals surface area contributed by atoms with Crippen molar-refractivity contribution in [3.63, 3.8) is 0 Å². The Morgan fingerprint density at radius 1 is 1.20 bits per heavy atom. The van der Waals surface area contributed by atoms with Gasteiger partial charge in [-0.3, -0.25) is 4.79 Å². The number of amides is 1. The van der Waals surface area contributed by atoms with E-state index in [1.54, 1.807) is 0 Å². The molecule has 1 N–H and O–H groups in total. The summed E-state index contributed by atoms with van der Waals surface area (Å²) in [4.78, 5) is 16.9. The topological polar surface area (TPSA) is 72.7 Å². The summed E-state index contributed by atoms with van der Waals surface area (Å²) in [7, 11) is 1.86. The smallest absolute Gasteiger partial charge is 0.236 e. The van der Waals surface area contributed by atoms with Crippen LogP contribution in [-0.4, -0.2) is 31.4 Å². The maximum atomic E-state index is 12.4. The zero-order valence-electron chi connectivity index (χ0n) is 15.7. The lowest BCUT2D eigenvalue weighted by atomic mass is 10.2. The molecule has 30 heavy (non-hydrogen) atoms. The van der Waals surface area contributed by atoms with Gasteiger partial charge in [0.1, 0.15) is 0 Å². The molecular formula is C20H15BrClN5OS2. The Bertz CT molecular complexity index is 1190. The highest BCUT2D eigenvalue weighted by Gasteiger charge is 2.14. The zero-order chi connectivity index (χ0) is 21.1. The van der Waals surface area contributed by atoms with E-state index in [1.165, 1.54) is 23.1 Å². The van der Waals surface area contributed by atoms with Gasteiger partial charge in [-0.2, -0.15) is 0 Å². The summed E-state index contributed by atoms with van der Waals surface area (Å²) in [5, 5.41) is 15.0. The number of rotatable bonds is 6. The average molecular weight is 521 g/mol. The molecule has 0 aliphatic rings. The Balaban J connectivity index is 1.37. The Labute approximate surface area is 194 Å². The minimum atomic E-state index is -0.149. The molecule has 0 atom stereocenters. The first-order valence-electron chi connectivity index (χ1n) is 8.79. The SMILES string of the molecule is Cn1c(SCC(=O)Nc2nc(-c3ccc(Br)cc3)cs2)nnc1-c1cccc(Cl)c1. The van der Waals surface area contributed by atoms with Crippen LogP contribution in [0.3, 0.4) is 0 Å². The molecule has 0 saturated carbocycles. The van der Waals surface area contributed by atoms with Crippen molar-refractivity contribution in [2.45, 2.75) is 5.16 Å². The van der Waals surface area contributed by atoms with Crippen LogP contribution in [0.15, 0.2) is 63.5 Å². The van der Waals surface area contributed by atoms with E-state index in [4.69, 9.17) is 11.6 Å². The minimum Gasteiger partial charge on any atom is -0.305 e. The maximum absolute atomic E-state index is 12.4. The van der Waals surface area contributed by atoms with Gasteiger partial charge < -0.3 is 9.88 Å². The number of anilines is 1. The quantitative estimate of drug-likeness (QED) is 0.328. The first kappa shape index (κ1) is 21.0. The number of halogens is 2. The highest BCUT2D eigenvalue weighted by atomic mass is 79.9. The van der Waals surface area contributed by atoms with Crippen molar-refractivity contribution < 1.29 is 4.79 Å². The van der Waals surface area contributed by atoms with E-state index in [0.717, 1.165) is 21.3 Å². The largest absolute Gasteiger partial charge is 0.305 e. The Morgan fingerprint density at radius 2 is 2.00 bits per heavy atom. The Kier molecular flexibility index (Phi) is 6.52. The fourth-order valence-corrected chi connectivity index (χ4v) is 4.59. The van der Waals surface area contributed by atoms with E-state index in [-0.39, 0.29) is 11.7 Å². The summed E-state index contributed by atoms with van der Waals surface area (Å²) in [5.41, 5.74) is 2.70. The van der Waals surface area contributed by atoms with Crippen molar-refractivity contribution in [1.82, 2.24) is 19.7 Å². The van der Waals surface area contributed by atoms with Crippen LogP contribution in [0.2, 0.25) is 5.02 Å². The zero-order valence-corrected chi connectivity index (χ0v) is 19.6. The first-order chi connectivity index (χ1) is 14.5. The van der Waals surface area contributed by atoms with Crippen LogP contribution in [0.5, 0.6) is 0 Å². The fourth-order valence-electron chi connectivity index (χ4n) is 2.69. The van der Waals surface area contributed by atoms with Crippen molar-refractivity contribution in [2.24, 2.45) is 7.05 Å². The van der Waals surface area contributed by atoms with Gasteiger partial charge in [-0.15, -0.1) is 21.5 Å². The normalized spacial score (nSPS) is 10.9. The third-order valence-corrected chi connectivity index (χ3v) is 6.68. The summed E-state index contributed by atoms with van der Waals surface area (Å²) in [5.74, 6) is 0.748. The average Bonchev–Trinajstić information content (AvgIpc) is 3.34. The summed E-state index contributed by atoms with van der Waals surface area (Å²) in [6.07, 6.45) is 0. The number of aromatic nitrogens is 4. The second-order valence-electron chi connectivity index (χ2n) is 6.26. The minimum absolute atomic E-state index is 0.149. The van der Waals surface area contributed by atoms with Crippen LogP contribution >= 0.6 is 50.6 Å². The van der Waals surface area contributed by atoms with E-state index >= 15 is 0 Å². The Morgan fingerprint density at radius 3 is 2.77 bits per heavy atom. The third-order valence-electron chi connectivity index (χ3n) is 4.14. The van der Waals surface area contributed by atoms with Crippen molar-refractivity contribution in [3.05, 3.63) is 63.4 Å². The predicted molar refractivity (Wildman–Crippen MR) is 126 cm³/mol. The highest BCUT2D eigenvalue weighted by Crippen LogP contribution is 2.27. The Hall–Kier alpha value is -2.20. The summed E-state index contributed by atoms with van der Waals surface area (Å²) >= 11 is 12.2. The summed E-state index contributed by atoms with van der Waals surface area (Å²) in [6, 6.07) is 15.3. The first-order valence-corrected chi connectivity index (χ1v) is 11.8. The maximum Gasteiger partial charge on any atom is 0.236 e. The van der Waals surface area contributed by atoms with Gasteiger partial charge in [-0.05, 0) is 24.3 Å². The van der Waals surface area contributed by atoms with Crippen LogP contribution in [-0.2, 0) is 11.8 Å². The van der Waals surface area contributed by atoms with Crippen LogP contribution in [0.1, 0.15) is 0 Å².